The van der Waals surface area contributed by atoms with Crippen LogP contribution < -0.4 is 15.5 Å². The largest absolute Gasteiger partial charge is 0.368 e. The van der Waals surface area contributed by atoms with E-state index >= 15 is 0 Å². The molecule has 2 heterocycles. The van der Waals surface area contributed by atoms with Crippen molar-refractivity contribution in [3.05, 3.63) is 42.5 Å². The SMILES string of the molecule is CCNC(=NCCC(=O)N1CCN(c2ccccc2)CC1)NCCn1cnnc1CC.I. The minimum Gasteiger partial charge on any atom is -0.368 e. The summed E-state index contributed by atoms with van der Waals surface area (Å²) >= 11 is 0. The van der Waals surface area contributed by atoms with Crippen LogP contribution in [0.2, 0.25) is 0 Å². The number of halogens is 1. The summed E-state index contributed by atoms with van der Waals surface area (Å²) in [6, 6.07) is 10.4. The Morgan fingerprint density at radius 2 is 1.84 bits per heavy atom. The molecular formula is C22H35IN8O. The Hall–Kier alpha value is -2.37. The molecule has 1 fully saturated rings. The first-order valence-electron chi connectivity index (χ1n) is 11.2. The van der Waals surface area contributed by atoms with Gasteiger partial charge in [-0.25, -0.2) is 0 Å². The minimum atomic E-state index is 0. The van der Waals surface area contributed by atoms with E-state index in [9.17, 15) is 4.79 Å². The lowest BCUT2D eigenvalue weighted by atomic mass is 10.2. The number of carbonyl (C=O) groups is 1. The summed E-state index contributed by atoms with van der Waals surface area (Å²) in [5, 5.41) is 14.6. The summed E-state index contributed by atoms with van der Waals surface area (Å²) in [6.07, 6.45) is 3.03. The van der Waals surface area contributed by atoms with Crippen molar-refractivity contribution < 1.29 is 4.79 Å². The van der Waals surface area contributed by atoms with Crippen LogP contribution in [0.15, 0.2) is 41.7 Å². The van der Waals surface area contributed by atoms with Gasteiger partial charge in [0.25, 0.3) is 0 Å². The molecule has 2 aromatic rings. The van der Waals surface area contributed by atoms with Gasteiger partial charge in [0.15, 0.2) is 5.96 Å². The topological polar surface area (TPSA) is 90.7 Å². The van der Waals surface area contributed by atoms with E-state index in [4.69, 9.17) is 0 Å². The first kappa shape index (κ1) is 25.9. The van der Waals surface area contributed by atoms with Crippen LogP contribution in [0.5, 0.6) is 0 Å². The number of guanidine groups is 1. The number of rotatable bonds is 9. The molecule has 2 N–H and O–H groups in total. The van der Waals surface area contributed by atoms with Gasteiger partial charge in [-0.05, 0) is 19.1 Å². The number of anilines is 1. The predicted molar refractivity (Wildman–Crippen MR) is 139 cm³/mol. The second-order valence-electron chi connectivity index (χ2n) is 7.43. The van der Waals surface area contributed by atoms with Crippen molar-refractivity contribution in [3.8, 4) is 0 Å². The number of aliphatic imine (C=N–C) groups is 1. The van der Waals surface area contributed by atoms with Crippen molar-refractivity contribution in [2.75, 3.05) is 50.7 Å². The number of amides is 1. The maximum absolute atomic E-state index is 12.6. The summed E-state index contributed by atoms with van der Waals surface area (Å²) in [4.78, 5) is 21.4. The van der Waals surface area contributed by atoms with E-state index in [0.717, 1.165) is 57.5 Å². The van der Waals surface area contributed by atoms with Gasteiger partial charge in [-0.3, -0.25) is 9.79 Å². The zero-order valence-electron chi connectivity index (χ0n) is 19.0. The Morgan fingerprint density at radius 3 is 2.53 bits per heavy atom. The monoisotopic (exact) mass is 554 g/mol. The van der Waals surface area contributed by atoms with Gasteiger partial charge in [-0.1, -0.05) is 25.1 Å². The van der Waals surface area contributed by atoms with E-state index < -0.39 is 0 Å². The van der Waals surface area contributed by atoms with Gasteiger partial charge in [0.2, 0.25) is 5.91 Å². The summed E-state index contributed by atoms with van der Waals surface area (Å²) in [5.41, 5.74) is 1.22. The molecule has 9 nitrogen and oxygen atoms in total. The Kier molecular flexibility index (Phi) is 11.3. The lowest BCUT2D eigenvalue weighted by Gasteiger charge is -2.36. The van der Waals surface area contributed by atoms with Crippen molar-refractivity contribution in [1.29, 1.82) is 0 Å². The van der Waals surface area contributed by atoms with Crippen molar-refractivity contribution in [2.24, 2.45) is 4.99 Å². The second kappa shape index (κ2) is 13.9. The molecule has 0 bridgehead atoms. The Labute approximate surface area is 207 Å². The zero-order chi connectivity index (χ0) is 21.9. The van der Waals surface area contributed by atoms with Crippen molar-refractivity contribution in [1.82, 2.24) is 30.3 Å². The van der Waals surface area contributed by atoms with Crippen LogP contribution in [0.25, 0.3) is 0 Å². The van der Waals surface area contributed by atoms with E-state index in [1.54, 1.807) is 6.33 Å². The van der Waals surface area contributed by atoms with Gasteiger partial charge in [-0.2, -0.15) is 0 Å². The highest BCUT2D eigenvalue weighted by molar-refractivity contribution is 14.0. The molecule has 0 aliphatic carbocycles. The zero-order valence-corrected chi connectivity index (χ0v) is 21.4. The second-order valence-corrected chi connectivity index (χ2v) is 7.43. The molecule has 1 saturated heterocycles. The van der Waals surface area contributed by atoms with E-state index in [2.05, 4.69) is 61.9 Å². The lowest BCUT2D eigenvalue weighted by molar-refractivity contribution is -0.131. The first-order chi connectivity index (χ1) is 15.2. The number of aromatic nitrogens is 3. The van der Waals surface area contributed by atoms with Gasteiger partial charge in [0, 0.05) is 64.3 Å². The molecule has 10 heteroatoms. The number of aryl methyl sites for hydroxylation is 1. The number of hydrogen-bond acceptors (Lipinski definition) is 5. The molecule has 0 saturated carbocycles. The average Bonchev–Trinajstić information content (AvgIpc) is 3.27. The molecule has 176 valence electrons. The highest BCUT2D eigenvalue weighted by atomic mass is 127. The molecular weight excluding hydrogens is 519 g/mol. The van der Waals surface area contributed by atoms with Gasteiger partial charge in [0.1, 0.15) is 12.2 Å². The smallest absolute Gasteiger partial charge is 0.224 e. The average molecular weight is 554 g/mol. The summed E-state index contributed by atoms with van der Waals surface area (Å²) < 4.78 is 2.04. The van der Waals surface area contributed by atoms with Crippen LogP contribution >= 0.6 is 24.0 Å². The number of piperazine rings is 1. The summed E-state index contributed by atoms with van der Waals surface area (Å²) in [6.45, 7) is 10.1. The van der Waals surface area contributed by atoms with Gasteiger partial charge >= 0.3 is 0 Å². The van der Waals surface area contributed by atoms with Gasteiger partial charge < -0.3 is 25.0 Å². The van der Waals surface area contributed by atoms with Crippen molar-refractivity contribution >= 4 is 41.5 Å². The van der Waals surface area contributed by atoms with Crippen molar-refractivity contribution in [2.45, 2.75) is 33.2 Å². The minimum absolute atomic E-state index is 0. The molecule has 0 spiro atoms. The Balaban J connectivity index is 0.00000363. The van der Waals surface area contributed by atoms with Crippen LogP contribution in [0.4, 0.5) is 5.69 Å². The molecule has 0 radical (unpaired) electrons. The van der Waals surface area contributed by atoms with Crippen LogP contribution in [-0.4, -0.2) is 77.3 Å². The molecule has 32 heavy (non-hydrogen) atoms. The molecule has 1 aliphatic rings. The number of carbonyl (C=O) groups excluding carboxylic acids is 1. The normalized spacial score (nSPS) is 14.1. The Bertz CT molecular complexity index is 833. The van der Waals surface area contributed by atoms with Gasteiger partial charge in [-0.15, -0.1) is 34.2 Å². The standard InChI is InChI=1S/C22H34N8O.HI/c1-3-20-27-26-18-30(20)13-12-25-22(23-4-2)24-11-10-21(31)29-16-14-28(15-17-29)19-8-6-5-7-9-19;/h5-9,18H,3-4,10-17H2,1-2H3,(H2,23,24,25);1H. The number of hydrogen-bond donors (Lipinski definition) is 2. The molecule has 1 aromatic carbocycles. The van der Waals surface area contributed by atoms with Crippen LogP contribution in [-0.2, 0) is 17.8 Å². The number of para-hydroxylation sites is 1. The maximum atomic E-state index is 12.6. The number of nitrogens with zero attached hydrogens (tertiary/aromatic N) is 6. The third-order valence-electron chi connectivity index (χ3n) is 5.35. The molecule has 3 rings (SSSR count). The highest BCUT2D eigenvalue weighted by Crippen LogP contribution is 2.15. The van der Waals surface area contributed by atoms with E-state index in [0.29, 0.717) is 19.5 Å². The van der Waals surface area contributed by atoms with E-state index in [-0.39, 0.29) is 29.9 Å². The van der Waals surface area contributed by atoms with E-state index in [1.807, 2.05) is 22.5 Å². The van der Waals surface area contributed by atoms with E-state index in [1.165, 1.54) is 5.69 Å². The summed E-state index contributed by atoms with van der Waals surface area (Å²) in [5.74, 6) is 1.88. The van der Waals surface area contributed by atoms with Crippen LogP contribution in [0, 0.1) is 0 Å². The van der Waals surface area contributed by atoms with Crippen LogP contribution in [0.3, 0.4) is 0 Å². The van der Waals surface area contributed by atoms with Gasteiger partial charge in [0.05, 0.1) is 6.54 Å². The molecule has 0 unspecified atom stereocenters. The van der Waals surface area contributed by atoms with Crippen molar-refractivity contribution in [3.63, 3.8) is 0 Å². The lowest BCUT2D eigenvalue weighted by Crippen LogP contribution is -2.49. The number of nitrogens with one attached hydrogen (secondary N) is 2. The third-order valence-corrected chi connectivity index (χ3v) is 5.35. The fraction of sp³-hybridized carbons (Fsp3) is 0.545. The molecule has 1 aliphatic heterocycles. The molecule has 1 amide bonds. The molecule has 1 aromatic heterocycles. The predicted octanol–water partition coefficient (Wildman–Crippen LogP) is 1.75. The van der Waals surface area contributed by atoms with Crippen LogP contribution in [0.1, 0.15) is 26.1 Å². The molecule has 0 atom stereocenters. The highest BCUT2D eigenvalue weighted by Gasteiger charge is 2.20. The number of benzene rings is 1. The Morgan fingerprint density at radius 1 is 1.09 bits per heavy atom. The fourth-order valence-corrected chi connectivity index (χ4v) is 3.65. The summed E-state index contributed by atoms with van der Waals surface area (Å²) in [7, 11) is 0. The fourth-order valence-electron chi connectivity index (χ4n) is 3.65. The maximum Gasteiger partial charge on any atom is 0.224 e. The quantitative estimate of drug-likeness (QED) is 0.279. The third kappa shape index (κ3) is 7.64. The first-order valence-corrected chi connectivity index (χ1v) is 11.2.